The molecule has 0 atom stereocenters. The standard InChI is InChI=1S/C26H25FN6O/c1-18(34)32-15-12-22(13-16-32)33-17-29-24(19-7-9-20(27)10-8-19)25(33)23-11-14-28-26(31-23)30-21-5-3-2-4-6-21/h2-11,14,17,22H,12-13,15-16H2,1H3,(H,28,30,31). The van der Waals surface area contributed by atoms with Crippen LogP contribution in [0.1, 0.15) is 25.8 Å². The summed E-state index contributed by atoms with van der Waals surface area (Å²) in [5, 5.41) is 3.24. The van der Waals surface area contributed by atoms with Gasteiger partial charge in [-0.1, -0.05) is 18.2 Å². The first-order chi connectivity index (χ1) is 16.6. The molecule has 8 heteroatoms. The van der Waals surface area contributed by atoms with Crippen molar-refractivity contribution in [2.24, 2.45) is 0 Å². The SMILES string of the molecule is CC(=O)N1CCC(n2cnc(-c3ccc(F)cc3)c2-c2ccnc(Nc3ccccc3)n2)CC1. The fraction of sp³-hybridized carbons (Fsp3) is 0.231. The number of benzene rings is 2. The van der Waals surface area contributed by atoms with E-state index in [4.69, 9.17) is 9.97 Å². The van der Waals surface area contributed by atoms with Gasteiger partial charge in [0.25, 0.3) is 0 Å². The lowest BCUT2D eigenvalue weighted by Crippen LogP contribution is -2.37. The molecule has 1 N–H and O–H groups in total. The Bertz CT molecular complexity index is 1280. The van der Waals surface area contributed by atoms with E-state index in [1.165, 1.54) is 12.1 Å². The zero-order valence-corrected chi connectivity index (χ0v) is 18.9. The number of carbonyl (C=O) groups excluding carboxylic acids is 1. The van der Waals surface area contributed by atoms with Gasteiger partial charge >= 0.3 is 0 Å². The maximum absolute atomic E-state index is 13.6. The van der Waals surface area contributed by atoms with E-state index in [0.29, 0.717) is 19.0 Å². The van der Waals surface area contributed by atoms with E-state index in [9.17, 15) is 9.18 Å². The van der Waals surface area contributed by atoms with Crippen LogP contribution < -0.4 is 5.32 Å². The molecular formula is C26H25FN6O. The van der Waals surface area contributed by atoms with E-state index in [2.05, 4.69) is 14.9 Å². The number of nitrogens with one attached hydrogen (secondary N) is 1. The van der Waals surface area contributed by atoms with Gasteiger partial charge in [0, 0.05) is 43.5 Å². The molecule has 3 heterocycles. The molecule has 1 fully saturated rings. The van der Waals surface area contributed by atoms with E-state index in [1.54, 1.807) is 25.3 Å². The van der Waals surface area contributed by atoms with Gasteiger partial charge in [0.1, 0.15) is 5.82 Å². The molecule has 1 aliphatic rings. The molecule has 4 aromatic rings. The third-order valence-corrected chi connectivity index (χ3v) is 6.14. The average molecular weight is 457 g/mol. The van der Waals surface area contributed by atoms with Crippen molar-refractivity contribution in [1.82, 2.24) is 24.4 Å². The third kappa shape index (κ3) is 4.52. The van der Waals surface area contributed by atoms with Crippen LogP contribution in [0.5, 0.6) is 0 Å². The molecule has 5 rings (SSSR count). The average Bonchev–Trinajstić information content (AvgIpc) is 3.30. The number of likely N-dealkylation sites (tertiary alicyclic amines) is 1. The molecule has 0 aliphatic carbocycles. The highest BCUT2D eigenvalue weighted by Gasteiger charge is 2.26. The fourth-order valence-corrected chi connectivity index (χ4v) is 4.37. The lowest BCUT2D eigenvalue weighted by molar-refractivity contribution is -0.130. The summed E-state index contributed by atoms with van der Waals surface area (Å²) in [5.74, 6) is 0.286. The van der Waals surface area contributed by atoms with Crippen molar-refractivity contribution in [2.75, 3.05) is 18.4 Å². The first-order valence-corrected chi connectivity index (χ1v) is 11.3. The van der Waals surface area contributed by atoms with Gasteiger partial charge in [0.15, 0.2) is 0 Å². The molecule has 0 spiro atoms. The third-order valence-electron chi connectivity index (χ3n) is 6.14. The topological polar surface area (TPSA) is 75.9 Å². The number of anilines is 2. The minimum atomic E-state index is -0.294. The highest BCUT2D eigenvalue weighted by molar-refractivity contribution is 5.77. The van der Waals surface area contributed by atoms with Gasteiger partial charge in [-0.2, -0.15) is 0 Å². The Morgan fingerprint density at radius 3 is 2.44 bits per heavy atom. The molecular weight excluding hydrogens is 431 g/mol. The number of piperidine rings is 1. The highest BCUT2D eigenvalue weighted by Crippen LogP contribution is 2.35. The van der Waals surface area contributed by atoms with Gasteiger partial charge in [-0.3, -0.25) is 4.79 Å². The minimum absolute atomic E-state index is 0.101. The number of amides is 1. The van der Waals surface area contributed by atoms with Crippen molar-refractivity contribution in [3.63, 3.8) is 0 Å². The monoisotopic (exact) mass is 456 g/mol. The summed E-state index contributed by atoms with van der Waals surface area (Å²) >= 11 is 0. The van der Waals surface area contributed by atoms with Crippen molar-refractivity contribution < 1.29 is 9.18 Å². The Morgan fingerprint density at radius 1 is 1.00 bits per heavy atom. The minimum Gasteiger partial charge on any atom is -0.343 e. The number of nitrogens with zero attached hydrogens (tertiary/aromatic N) is 5. The predicted molar refractivity (Wildman–Crippen MR) is 129 cm³/mol. The quantitative estimate of drug-likeness (QED) is 0.454. The van der Waals surface area contributed by atoms with E-state index in [0.717, 1.165) is 41.2 Å². The van der Waals surface area contributed by atoms with Crippen molar-refractivity contribution in [1.29, 1.82) is 0 Å². The van der Waals surface area contributed by atoms with E-state index < -0.39 is 0 Å². The summed E-state index contributed by atoms with van der Waals surface area (Å²) in [6, 6.07) is 18.1. The molecule has 0 bridgehead atoms. The molecule has 0 saturated carbocycles. The second-order valence-electron chi connectivity index (χ2n) is 8.35. The van der Waals surface area contributed by atoms with Crippen molar-refractivity contribution >= 4 is 17.5 Å². The smallest absolute Gasteiger partial charge is 0.227 e. The summed E-state index contributed by atoms with van der Waals surface area (Å²) in [7, 11) is 0. The first-order valence-electron chi connectivity index (χ1n) is 11.3. The molecule has 1 amide bonds. The van der Waals surface area contributed by atoms with Crippen molar-refractivity contribution in [3.8, 4) is 22.6 Å². The molecule has 0 unspecified atom stereocenters. The Balaban J connectivity index is 1.54. The number of para-hydroxylation sites is 1. The van der Waals surface area contributed by atoms with Crippen LogP contribution in [0.3, 0.4) is 0 Å². The summed E-state index contributed by atoms with van der Waals surface area (Å²) in [6.45, 7) is 3.01. The summed E-state index contributed by atoms with van der Waals surface area (Å²) < 4.78 is 15.7. The normalized spacial score (nSPS) is 14.2. The van der Waals surface area contributed by atoms with Crippen LogP contribution in [-0.4, -0.2) is 43.4 Å². The zero-order chi connectivity index (χ0) is 23.5. The van der Waals surface area contributed by atoms with Crippen LogP contribution in [0.25, 0.3) is 22.6 Å². The molecule has 1 saturated heterocycles. The van der Waals surface area contributed by atoms with Crippen LogP contribution in [-0.2, 0) is 4.79 Å². The van der Waals surface area contributed by atoms with Gasteiger partial charge < -0.3 is 14.8 Å². The molecule has 34 heavy (non-hydrogen) atoms. The zero-order valence-electron chi connectivity index (χ0n) is 18.9. The fourth-order valence-electron chi connectivity index (χ4n) is 4.37. The summed E-state index contributed by atoms with van der Waals surface area (Å²) in [6.07, 6.45) is 5.20. The Kier molecular flexibility index (Phi) is 6.03. The molecule has 2 aromatic carbocycles. The molecule has 7 nitrogen and oxygen atoms in total. The molecule has 2 aromatic heterocycles. The first kappa shape index (κ1) is 21.8. The molecule has 1 aliphatic heterocycles. The van der Waals surface area contributed by atoms with Crippen LogP contribution >= 0.6 is 0 Å². The number of aromatic nitrogens is 4. The van der Waals surface area contributed by atoms with E-state index >= 15 is 0 Å². The van der Waals surface area contributed by atoms with Crippen LogP contribution in [0.2, 0.25) is 0 Å². The van der Waals surface area contributed by atoms with E-state index in [1.807, 2.05) is 47.6 Å². The number of hydrogen-bond acceptors (Lipinski definition) is 5. The Labute approximate surface area is 197 Å². The molecule has 0 radical (unpaired) electrons. The lowest BCUT2D eigenvalue weighted by atomic mass is 10.0. The largest absolute Gasteiger partial charge is 0.343 e. The van der Waals surface area contributed by atoms with E-state index in [-0.39, 0.29) is 17.8 Å². The molecule has 172 valence electrons. The van der Waals surface area contributed by atoms with Gasteiger partial charge in [-0.15, -0.1) is 0 Å². The van der Waals surface area contributed by atoms with Gasteiger partial charge in [-0.05, 0) is 55.3 Å². The van der Waals surface area contributed by atoms with Gasteiger partial charge in [-0.25, -0.2) is 19.3 Å². The van der Waals surface area contributed by atoms with Crippen LogP contribution in [0.15, 0.2) is 73.2 Å². The second kappa shape index (κ2) is 9.43. The number of rotatable bonds is 5. The highest BCUT2D eigenvalue weighted by atomic mass is 19.1. The maximum Gasteiger partial charge on any atom is 0.227 e. The predicted octanol–water partition coefficient (Wildman–Crippen LogP) is 5.07. The Hall–Kier alpha value is -4.07. The van der Waals surface area contributed by atoms with Crippen LogP contribution in [0.4, 0.5) is 16.0 Å². The summed E-state index contributed by atoms with van der Waals surface area (Å²) in [4.78, 5) is 27.6. The van der Waals surface area contributed by atoms with Crippen LogP contribution in [0, 0.1) is 5.82 Å². The number of imidazole rings is 1. The van der Waals surface area contributed by atoms with Gasteiger partial charge in [0.2, 0.25) is 11.9 Å². The lowest BCUT2D eigenvalue weighted by Gasteiger charge is -2.32. The van der Waals surface area contributed by atoms with Crippen molar-refractivity contribution in [2.45, 2.75) is 25.8 Å². The number of hydrogen-bond donors (Lipinski definition) is 1. The number of carbonyl (C=O) groups is 1. The number of halogens is 1. The second-order valence-corrected chi connectivity index (χ2v) is 8.35. The Morgan fingerprint density at radius 2 is 1.74 bits per heavy atom. The summed E-state index contributed by atoms with van der Waals surface area (Å²) in [5.41, 5.74) is 4.01. The van der Waals surface area contributed by atoms with Gasteiger partial charge in [0.05, 0.1) is 23.4 Å². The maximum atomic E-state index is 13.6. The van der Waals surface area contributed by atoms with Crippen molar-refractivity contribution in [3.05, 3.63) is 79.0 Å².